The Morgan fingerprint density at radius 3 is 2.45 bits per heavy atom. The Labute approximate surface area is 118 Å². The first-order valence-corrected chi connectivity index (χ1v) is 6.65. The third-order valence-electron chi connectivity index (χ3n) is 3.11. The van der Waals surface area contributed by atoms with Gasteiger partial charge in [-0.1, -0.05) is 25.5 Å². The molecular formula is C16H19N3O. The quantitative estimate of drug-likeness (QED) is 0.730. The summed E-state index contributed by atoms with van der Waals surface area (Å²) in [7, 11) is 0. The number of anilines is 3. The molecule has 0 fully saturated rings. The fraction of sp³-hybridized carbons (Fsp3) is 0.188. The summed E-state index contributed by atoms with van der Waals surface area (Å²) < 4.78 is 0. The lowest BCUT2D eigenvalue weighted by Gasteiger charge is -2.11. The highest BCUT2D eigenvalue weighted by molar-refractivity contribution is 5.95. The van der Waals surface area contributed by atoms with E-state index in [9.17, 15) is 4.79 Å². The summed E-state index contributed by atoms with van der Waals surface area (Å²) in [5.74, 6) is -0.466. The molecule has 0 bridgehead atoms. The minimum Gasteiger partial charge on any atom is -0.397 e. The Morgan fingerprint density at radius 2 is 1.85 bits per heavy atom. The summed E-state index contributed by atoms with van der Waals surface area (Å²) in [5.41, 5.74) is 15.1. The summed E-state index contributed by atoms with van der Waals surface area (Å²) >= 11 is 0. The van der Waals surface area contributed by atoms with Crippen molar-refractivity contribution in [3.63, 3.8) is 0 Å². The molecule has 0 unspecified atom stereocenters. The van der Waals surface area contributed by atoms with Crippen LogP contribution in [-0.4, -0.2) is 5.91 Å². The molecule has 104 valence electrons. The van der Waals surface area contributed by atoms with Gasteiger partial charge >= 0.3 is 0 Å². The molecule has 4 heteroatoms. The molecule has 0 saturated heterocycles. The lowest BCUT2D eigenvalue weighted by atomic mass is 10.1. The number of aryl methyl sites for hydroxylation is 1. The van der Waals surface area contributed by atoms with E-state index >= 15 is 0 Å². The molecule has 2 aromatic rings. The van der Waals surface area contributed by atoms with Gasteiger partial charge in [0.25, 0.3) is 0 Å². The van der Waals surface area contributed by atoms with Gasteiger partial charge in [-0.15, -0.1) is 0 Å². The van der Waals surface area contributed by atoms with Crippen molar-refractivity contribution >= 4 is 23.0 Å². The summed E-state index contributed by atoms with van der Waals surface area (Å²) in [5, 5.41) is 3.20. The van der Waals surface area contributed by atoms with E-state index < -0.39 is 5.91 Å². The van der Waals surface area contributed by atoms with E-state index in [4.69, 9.17) is 11.5 Å². The van der Waals surface area contributed by atoms with Crippen molar-refractivity contribution in [2.75, 3.05) is 11.1 Å². The van der Waals surface area contributed by atoms with Crippen LogP contribution in [0, 0.1) is 0 Å². The zero-order chi connectivity index (χ0) is 14.5. The molecule has 0 aromatic heterocycles. The van der Waals surface area contributed by atoms with Crippen LogP contribution in [0.1, 0.15) is 29.3 Å². The molecule has 0 heterocycles. The van der Waals surface area contributed by atoms with Gasteiger partial charge in [0.05, 0.1) is 11.4 Å². The van der Waals surface area contributed by atoms with Crippen LogP contribution in [0.15, 0.2) is 42.5 Å². The second-order valence-corrected chi connectivity index (χ2v) is 4.74. The van der Waals surface area contributed by atoms with E-state index in [1.807, 2.05) is 12.1 Å². The van der Waals surface area contributed by atoms with Crippen LogP contribution in [0.5, 0.6) is 0 Å². The molecule has 2 aromatic carbocycles. The maximum absolute atomic E-state index is 11.2. The molecular weight excluding hydrogens is 250 g/mol. The molecule has 0 atom stereocenters. The minimum absolute atomic E-state index is 0.435. The van der Waals surface area contributed by atoms with Crippen molar-refractivity contribution in [1.82, 2.24) is 0 Å². The monoisotopic (exact) mass is 269 g/mol. The molecule has 0 aliphatic heterocycles. The average molecular weight is 269 g/mol. The standard InChI is InChI=1S/C16H19N3O/c1-2-3-11-4-7-13(8-5-11)19-15-10-12(16(18)20)6-9-14(15)17/h4-10,19H,2-3,17H2,1H3,(H2,18,20). The molecule has 0 saturated carbocycles. The summed E-state index contributed by atoms with van der Waals surface area (Å²) in [6.45, 7) is 2.15. The minimum atomic E-state index is -0.466. The highest BCUT2D eigenvalue weighted by Crippen LogP contribution is 2.24. The number of rotatable bonds is 5. The number of carbonyl (C=O) groups is 1. The molecule has 0 aliphatic rings. The first-order chi connectivity index (χ1) is 9.60. The number of primary amides is 1. The zero-order valence-electron chi connectivity index (χ0n) is 11.5. The summed E-state index contributed by atoms with van der Waals surface area (Å²) in [6.07, 6.45) is 2.19. The third kappa shape index (κ3) is 3.29. The zero-order valence-corrected chi connectivity index (χ0v) is 11.5. The predicted molar refractivity (Wildman–Crippen MR) is 83.1 cm³/mol. The van der Waals surface area contributed by atoms with Crippen LogP contribution < -0.4 is 16.8 Å². The van der Waals surface area contributed by atoms with Crippen molar-refractivity contribution in [3.05, 3.63) is 53.6 Å². The van der Waals surface area contributed by atoms with Crippen LogP contribution >= 0.6 is 0 Å². The van der Waals surface area contributed by atoms with E-state index in [-0.39, 0.29) is 0 Å². The van der Waals surface area contributed by atoms with Gasteiger partial charge in [-0.25, -0.2) is 0 Å². The van der Waals surface area contributed by atoms with Gasteiger partial charge in [0.1, 0.15) is 0 Å². The number of hydrogen-bond donors (Lipinski definition) is 3. The highest BCUT2D eigenvalue weighted by Gasteiger charge is 2.05. The Kier molecular flexibility index (Phi) is 4.25. The first kappa shape index (κ1) is 13.9. The van der Waals surface area contributed by atoms with Gasteiger partial charge in [0.2, 0.25) is 5.91 Å². The lowest BCUT2D eigenvalue weighted by Crippen LogP contribution is -2.11. The van der Waals surface area contributed by atoms with Gasteiger partial charge in [-0.05, 0) is 42.3 Å². The van der Waals surface area contributed by atoms with Crippen LogP contribution in [0.2, 0.25) is 0 Å². The highest BCUT2D eigenvalue weighted by atomic mass is 16.1. The van der Waals surface area contributed by atoms with Gasteiger partial charge in [0.15, 0.2) is 0 Å². The molecule has 2 rings (SSSR count). The van der Waals surface area contributed by atoms with Crippen molar-refractivity contribution in [2.24, 2.45) is 5.73 Å². The topological polar surface area (TPSA) is 81.1 Å². The molecule has 4 nitrogen and oxygen atoms in total. The van der Waals surface area contributed by atoms with E-state index in [2.05, 4.69) is 24.4 Å². The van der Waals surface area contributed by atoms with Crippen LogP contribution in [0.3, 0.4) is 0 Å². The Morgan fingerprint density at radius 1 is 1.15 bits per heavy atom. The number of carbonyl (C=O) groups excluding carboxylic acids is 1. The second kappa shape index (κ2) is 6.10. The molecule has 0 spiro atoms. The van der Waals surface area contributed by atoms with Crippen molar-refractivity contribution < 1.29 is 4.79 Å². The van der Waals surface area contributed by atoms with E-state index in [1.54, 1.807) is 18.2 Å². The lowest BCUT2D eigenvalue weighted by molar-refractivity contribution is 0.100. The number of hydrogen-bond acceptors (Lipinski definition) is 3. The fourth-order valence-corrected chi connectivity index (χ4v) is 2.02. The number of nitrogens with one attached hydrogen (secondary N) is 1. The number of nitrogen functional groups attached to an aromatic ring is 1. The maximum atomic E-state index is 11.2. The van der Waals surface area contributed by atoms with Crippen LogP contribution in [-0.2, 0) is 6.42 Å². The number of amides is 1. The van der Waals surface area contributed by atoms with Crippen molar-refractivity contribution in [3.8, 4) is 0 Å². The molecule has 0 radical (unpaired) electrons. The third-order valence-corrected chi connectivity index (χ3v) is 3.11. The summed E-state index contributed by atoms with van der Waals surface area (Å²) in [4.78, 5) is 11.2. The number of benzene rings is 2. The predicted octanol–water partition coefficient (Wildman–Crippen LogP) is 3.06. The Balaban J connectivity index is 2.20. The number of nitrogens with two attached hydrogens (primary N) is 2. The van der Waals surface area contributed by atoms with Gasteiger partial charge in [-0.2, -0.15) is 0 Å². The van der Waals surface area contributed by atoms with E-state index in [1.165, 1.54) is 5.56 Å². The largest absolute Gasteiger partial charge is 0.397 e. The Hall–Kier alpha value is -2.49. The van der Waals surface area contributed by atoms with Gasteiger partial charge in [0, 0.05) is 11.3 Å². The SMILES string of the molecule is CCCc1ccc(Nc2cc(C(N)=O)ccc2N)cc1. The smallest absolute Gasteiger partial charge is 0.248 e. The van der Waals surface area contributed by atoms with Crippen LogP contribution in [0.4, 0.5) is 17.1 Å². The van der Waals surface area contributed by atoms with Gasteiger partial charge in [-0.3, -0.25) is 4.79 Å². The molecule has 20 heavy (non-hydrogen) atoms. The maximum Gasteiger partial charge on any atom is 0.248 e. The van der Waals surface area contributed by atoms with E-state index in [0.717, 1.165) is 18.5 Å². The van der Waals surface area contributed by atoms with Crippen LogP contribution in [0.25, 0.3) is 0 Å². The van der Waals surface area contributed by atoms with Gasteiger partial charge < -0.3 is 16.8 Å². The molecule has 1 amide bonds. The second-order valence-electron chi connectivity index (χ2n) is 4.74. The molecule has 5 N–H and O–H groups in total. The average Bonchev–Trinajstić information content (AvgIpc) is 2.43. The van der Waals surface area contributed by atoms with Crippen molar-refractivity contribution in [1.29, 1.82) is 0 Å². The molecule has 0 aliphatic carbocycles. The fourth-order valence-electron chi connectivity index (χ4n) is 2.02. The Bertz CT molecular complexity index is 606. The normalized spacial score (nSPS) is 10.2. The first-order valence-electron chi connectivity index (χ1n) is 6.65. The van der Waals surface area contributed by atoms with E-state index in [0.29, 0.717) is 16.9 Å². The summed E-state index contributed by atoms with van der Waals surface area (Å²) in [6, 6.07) is 13.1. The van der Waals surface area contributed by atoms with Crippen molar-refractivity contribution in [2.45, 2.75) is 19.8 Å².